The van der Waals surface area contributed by atoms with Gasteiger partial charge in [-0.25, -0.2) is 9.78 Å². The molecule has 0 saturated carbocycles. The predicted octanol–water partition coefficient (Wildman–Crippen LogP) is 4.43. The first kappa shape index (κ1) is 19.4. The molecular weight excluding hydrogens is 380 g/mol. The van der Waals surface area contributed by atoms with E-state index in [9.17, 15) is 9.59 Å². The first-order valence-corrected chi connectivity index (χ1v) is 10.5. The van der Waals surface area contributed by atoms with Crippen LogP contribution < -0.4 is 5.56 Å². The normalized spacial score (nSPS) is 11.8. The molecule has 0 atom stereocenters. The second-order valence-electron chi connectivity index (χ2n) is 5.93. The van der Waals surface area contributed by atoms with Gasteiger partial charge in [0.05, 0.1) is 12.0 Å². The largest absolute Gasteiger partial charge is 0.462 e. The number of fused-ring (bicyclic) bond motifs is 1. The zero-order valence-electron chi connectivity index (χ0n) is 15.6. The van der Waals surface area contributed by atoms with Crippen LogP contribution in [-0.4, -0.2) is 28.8 Å². The first-order chi connectivity index (χ1) is 12.9. The summed E-state index contributed by atoms with van der Waals surface area (Å²) in [6.45, 7) is 5.84. The summed E-state index contributed by atoms with van der Waals surface area (Å²) in [5.41, 5.74) is 1.74. The molecular formula is C20H20N2O3S2. The summed E-state index contributed by atoms with van der Waals surface area (Å²) in [7, 11) is 0. The standard InChI is InChI=1S/C20H20N2O3S2/c1-5-25-20(24)15(10-13-6-8-14(26-4)9-7-13)17-21-18(23)16-11(2)12(3)27-19(16)22-17/h6-10H,5H2,1-4H3,(H,21,22,23)/b15-10+. The SMILES string of the molecule is CCOC(=O)/C(=C/c1ccc(SC)cc1)c1nc2sc(C)c(C)c2c(=O)[nH]1. The average Bonchev–Trinajstić information content (AvgIpc) is 2.94. The third-order valence-corrected chi connectivity index (χ3v) is 6.06. The number of carbonyl (C=O) groups is 1. The van der Waals surface area contributed by atoms with Gasteiger partial charge in [-0.2, -0.15) is 0 Å². The third kappa shape index (κ3) is 3.99. The van der Waals surface area contributed by atoms with Crippen molar-refractivity contribution in [3.05, 3.63) is 56.4 Å². The fourth-order valence-corrected chi connectivity index (χ4v) is 4.12. The molecule has 5 nitrogen and oxygen atoms in total. The number of aromatic amines is 1. The first-order valence-electron chi connectivity index (χ1n) is 8.47. The molecule has 0 radical (unpaired) electrons. The molecule has 1 N–H and O–H groups in total. The fraction of sp³-hybridized carbons (Fsp3) is 0.250. The maximum atomic E-state index is 12.6. The Morgan fingerprint density at radius 2 is 2.00 bits per heavy atom. The fourth-order valence-electron chi connectivity index (χ4n) is 2.68. The number of benzene rings is 1. The smallest absolute Gasteiger partial charge is 0.341 e. The van der Waals surface area contributed by atoms with Crippen LogP contribution in [-0.2, 0) is 9.53 Å². The molecule has 0 aliphatic rings. The van der Waals surface area contributed by atoms with Gasteiger partial charge in [0.2, 0.25) is 0 Å². The molecule has 0 bridgehead atoms. The minimum atomic E-state index is -0.515. The van der Waals surface area contributed by atoms with Crippen molar-refractivity contribution in [3.63, 3.8) is 0 Å². The van der Waals surface area contributed by atoms with Crippen LogP contribution in [0.3, 0.4) is 0 Å². The van der Waals surface area contributed by atoms with Crippen molar-refractivity contribution in [1.29, 1.82) is 0 Å². The summed E-state index contributed by atoms with van der Waals surface area (Å²) in [5.74, 6) is -0.292. The molecule has 0 spiro atoms. The monoisotopic (exact) mass is 400 g/mol. The quantitative estimate of drug-likeness (QED) is 0.390. The molecule has 0 amide bonds. The number of nitrogens with one attached hydrogen (secondary N) is 1. The van der Waals surface area contributed by atoms with Gasteiger partial charge in [-0.05, 0) is 56.4 Å². The van der Waals surface area contributed by atoms with E-state index in [0.717, 1.165) is 20.9 Å². The van der Waals surface area contributed by atoms with Gasteiger partial charge >= 0.3 is 5.97 Å². The molecule has 3 aromatic rings. The Morgan fingerprint density at radius 3 is 2.63 bits per heavy atom. The summed E-state index contributed by atoms with van der Waals surface area (Å²) < 4.78 is 5.19. The van der Waals surface area contributed by atoms with Crippen molar-refractivity contribution in [2.75, 3.05) is 12.9 Å². The molecule has 0 unspecified atom stereocenters. The Labute approximate surface area is 165 Å². The van der Waals surface area contributed by atoms with Crippen molar-refractivity contribution >= 4 is 50.9 Å². The van der Waals surface area contributed by atoms with E-state index in [1.54, 1.807) is 24.8 Å². The summed E-state index contributed by atoms with van der Waals surface area (Å²) in [6, 6.07) is 7.79. The van der Waals surface area contributed by atoms with Crippen molar-refractivity contribution in [3.8, 4) is 0 Å². The Hall–Kier alpha value is -2.38. The lowest BCUT2D eigenvalue weighted by molar-refractivity contribution is -0.136. The van der Waals surface area contributed by atoms with Gasteiger partial charge in [0.15, 0.2) is 0 Å². The van der Waals surface area contributed by atoms with Crippen LogP contribution in [0.5, 0.6) is 0 Å². The lowest BCUT2D eigenvalue weighted by atomic mass is 10.1. The highest BCUT2D eigenvalue weighted by atomic mass is 32.2. The minimum absolute atomic E-state index is 0.223. The lowest BCUT2D eigenvalue weighted by Gasteiger charge is -2.07. The molecule has 0 aliphatic carbocycles. The van der Waals surface area contributed by atoms with Crippen LogP contribution in [0.25, 0.3) is 21.9 Å². The van der Waals surface area contributed by atoms with Gasteiger partial charge in [-0.15, -0.1) is 23.1 Å². The lowest BCUT2D eigenvalue weighted by Crippen LogP contribution is -2.15. The second kappa shape index (κ2) is 8.10. The summed E-state index contributed by atoms with van der Waals surface area (Å²) >= 11 is 3.09. The predicted molar refractivity (Wildman–Crippen MR) is 112 cm³/mol. The summed E-state index contributed by atoms with van der Waals surface area (Å²) in [5, 5.41) is 0.578. The number of aromatic nitrogens is 2. The van der Waals surface area contributed by atoms with Crippen molar-refractivity contribution in [2.45, 2.75) is 25.7 Å². The number of hydrogen-bond acceptors (Lipinski definition) is 6. The number of aryl methyl sites for hydroxylation is 2. The van der Waals surface area contributed by atoms with Gasteiger partial charge in [0.25, 0.3) is 5.56 Å². The molecule has 2 aromatic heterocycles. The number of thiophene rings is 1. The van der Waals surface area contributed by atoms with Crippen LogP contribution in [0.15, 0.2) is 34.0 Å². The van der Waals surface area contributed by atoms with Crippen LogP contribution in [0, 0.1) is 13.8 Å². The van der Waals surface area contributed by atoms with Gasteiger partial charge < -0.3 is 9.72 Å². The molecule has 7 heteroatoms. The van der Waals surface area contributed by atoms with Gasteiger partial charge in [0, 0.05) is 9.77 Å². The molecule has 2 heterocycles. The topological polar surface area (TPSA) is 72.0 Å². The molecule has 3 rings (SSSR count). The highest BCUT2D eigenvalue weighted by molar-refractivity contribution is 7.98. The van der Waals surface area contributed by atoms with Crippen LogP contribution in [0.2, 0.25) is 0 Å². The van der Waals surface area contributed by atoms with E-state index in [0.29, 0.717) is 10.2 Å². The Balaban J connectivity index is 2.15. The Morgan fingerprint density at radius 1 is 1.30 bits per heavy atom. The number of esters is 1. The van der Waals surface area contributed by atoms with E-state index in [-0.39, 0.29) is 23.6 Å². The van der Waals surface area contributed by atoms with Crippen LogP contribution in [0.4, 0.5) is 0 Å². The van der Waals surface area contributed by atoms with Gasteiger partial charge in [-0.1, -0.05) is 12.1 Å². The molecule has 0 aliphatic heterocycles. The van der Waals surface area contributed by atoms with Crippen molar-refractivity contribution < 1.29 is 9.53 Å². The molecule has 27 heavy (non-hydrogen) atoms. The third-order valence-electron chi connectivity index (χ3n) is 4.22. The van der Waals surface area contributed by atoms with E-state index >= 15 is 0 Å². The van der Waals surface area contributed by atoms with E-state index in [1.165, 1.54) is 11.3 Å². The zero-order chi connectivity index (χ0) is 19.6. The number of rotatable bonds is 5. The number of hydrogen-bond donors (Lipinski definition) is 1. The average molecular weight is 401 g/mol. The molecule has 1 aromatic carbocycles. The maximum Gasteiger partial charge on any atom is 0.341 e. The Kier molecular flexibility index (Phi) is 5.82. The second-order valence-corrected chi connectivity index (χ2v) is 8.01. The maximum absolute atomic E-state index is 12.6. The number of nitrogens with zero attached hydrogens (tertiary/aromatic N) is 1. The van der Waals surface area contributed by atoms with Gasteiger partial charge in [-0.3, -0.25) is 4.79 Å². The highest BCUT2D eigenvalue weighted by Crippen LogP contribution is 2.27. The molecule has 0 saturated heterocycles. The van der Waals surface area contributed by atoms with E-state index in [4.69, 9.17) is 4.74 Å². The van der Waals surface area contributed by atoms with Crippen molar-refractivity contribution in [1.82, 2.24) is 9.97 Å². The Bertz CT molecular complexity index is 1080. The number of ether oxygens (including phenoxy) is 1. The molecule has 140 valence electrons. The number of carbonyl (C=O) groups excluding carboxylic acids is 1. The van der Waals surface area contributed by atoms with Crippen LogP contribution in [0.1, 0.15) is 28.8 Å². The van der Waals surface area contributed by atoms with Gasteiger partial charge in [0.1, 0.15) is 16.2 Å². The summed E-state index contributed by atoms with van der Waals surface area (Å²) in [6.07, 6.45) is 3.70. The minimum Gasteiger partial charge on any atom is -0.462 e. The number of H-pyrrole nitrogens is 1. The van der Waals surface area contributed by atoms with E-state index in [1.807, 2.05) is 44.4 Å². The number of thioether (sulfide) groups is 1. The van der Waals surface area contributed by atoms with E-state index < -0.39 is 5.97 Å². The summed E-state index contributed by atoms with van der Waals surface area (Å²) in [4.78, 5) is 35.2. The van der Waals surface area contributed by atoms with E-state index in [2.05, 4.69) is 9.97 Å². The highest BCUT2D eigenvalue weighted by Gasteiger charge is 2.19. The zero-order valence-corrected chi connectivity index (χ0v) is 17.2. The molecule has 0 fully saturated rings. The van der Waals surface area contributed by atoms with Crippen molar-refractivity contribution in [2.24, 2.45) is 0 Å². The van der Waals surface area contributed by atoms with Crippen LogP contribution >= 0.6 is 23.1 Å².